The lowest BCUT2D eigenvalue weighted by molar-refractivity contribution is 0.0457. The zero-order valence-electron chi connectivity index (χ0n) is 25.5. The van der Waals surface area contributed by atoms with E-state index < -0.39 is 5.97 Å². The molecule has 5 N–H and O–H groups in total. The van der Waals surface area contributed by atoms with E-state index in [0.717, 1.165) is 33.9 Å². The third kappa shape index (κ3) is 6.25. The van der Waals surface area contributed by atoms with Gasteiger partial charge in [0.2, 0.25) is 0 Å². The lowest BCUT2D eigenvalue weighted by Crippen LogP contribution is -2.32. The predicted octanol–water partition coefficient (Wildman–Crippen LogP) is 6.75. The Bertz CT molecular complexity index is 2230. The Kier molecular flexibility index (Phi) is 8.82. The molecule has 0 fully saturated rings. The molecule has 49 heavy (non-hydrogen) atoms. The molecule has 4 aromatic carbocycles. The molecule has 0 saturated carbocycles. The van der Waals surface area contributed by atoms with Gasteiger partial charge >= 0.3 is 5.97 Å². The standard InChI is InChI=1S/C18H14ClNO5.C18H14ClNO4/c19-14-5-15-12(13(6-20-15)18(22)23)4-11(14)9-1-2-16-17(3-9)24-8-10(7-21)25-16;19-15-5-16-14(11(7-21)6-20-16)4-13(15)10-1-2-17-18(3-10)23-9-12(8-22)24-17/h1-6,10,20-21H,7-8H2,(H,22,23);1-7,12,20,22H,8-9H2/t10-;12-/m11/s1. The maximum Gasteiger partial charge on any atom is 0.337 e. The number of aliphatic hydroxyl groups excluding tert-OH is 2. The molecular weight excluding hydrogens is 675 g/mol. The fraction of sp³-hybridized carbons (Fsp3) is 0.167. The van der Waals surface area contributed by atoms with Crippen molar-refractivity contribution in [1.29, 1.82) is 0 Å². The molecule has 0 aliphatic carbocycles. The van der Waals surface area contributed by atoms with Crippen LogP contribution in [0.15, 0.2) is 73.1 Å². The van der Waals surface area contributed by atoms with Crippen molar-refractivity contribution in [3.63, 3.8) is 0 Å². The number of carboxylic acid groups (broad SMARTS) is 1. The van der Waals surface area contributed by atoms with E-state index in [0.29, 0.717) is 61.7 Å². The van der Waals surface area contributed by atoms with Gasteiger partial charge in [-0.1, -0.05) is 35.3 Å². The van der Waals surface area contributed by atoms with Crippen LogP contribution in [-0.4, -0.2) is 76.2 Å². The van der Waals surface area contributed by atoms with E-state index in [4.69, 9.17) is 52.4 Å². The van der Waals surface area contributed by atoms with Gasteiger partial charge in [-0.15, -0.1) is 0 Å². The zero-order valence-corrected chi connectivity index (χ0v) is 27.0. The van der Waals surface area contributed by atoms with Crippen molar-refractivity contribution in [3.8, 4) is 45.3 Å². The van der Waals surface area contributed by atoms with Crippen molar-refractivity contribution in [2.75, 3.05) is 26.4 Å². The molecule has 13 heteroatoms. The Hall–Kier alpha value is -5.20. The van der Waals surface area contributed by atoms with Crippen LogP contribution >= 0.6 is 23.2 Å². The molecule has 0 spiro atoms. The number of carboxylic acids is 1. The second-order valence-corrected chi connectivity index (χ2v) is 12.2. The highest BCUT2D eigenvalue weighted by molar-refractivity contribution is 6.35. The number of rotatable bonds is 6. The third-order valence-electron chi connectivity index (χ3n) is 8.28. The van der Waals surface area contributed by atoms with Crippen LogP contribution in [0.2, 0.25) is 10.0 Å². The van der Waals surface area contributed by atoms with Gasteiger partial charge in [-0.25, -0.2) is 4.79 Å². The summed E-state index contributed by atoms with van der Waals surface area (Å²) in [6.07, 6.45) is 3.20. The van der Waals surface area contributed by atoms with E-state index in [1.807, 2.05) is 24.3 Å². The molecule has 2 atom stereocenters. The molecule has 8 rings (SSSR count). The number of hydrogen-bond acceptors (Lipinski definition) is 8. The number of ether oxygens (including phenoxy) is 4. The molecule has 0 radical (unpaired) electrons. The van der Waals surface area contributed by atoms with E-state index in [2.05, 4.69) is 9.97 Å². The number of fused-ring (bicyclic) bond motifs is 4. The second kappa shape index (κ2) is 13.4. The summed E-state index contributed by atoms with van der Waals surface area (Å²) < 4.78 is 22.5. The van der Waals surface area contributed by atoms with Gasteiger partial charge in [-0.3, -0.25) is 4.79 Å². The summed E-state index contributed by atoms with van der Waals surface area (Å²) in [6.45, 7) is 0.355. The van der Waals surface area contributed by atoms with Gasteiger partial charge in [0.1, 0.15) is 13.2 Å². The summed E-state index contributed by atoms with van der Waals surface area (Å²) in [7, 11) is 0. The molecule has 4 heterocycles. The number of nitrogens with one attached hydrogen (secondary N) is 2. The lowest BCUT2D eigenvalue weighted by atomic mass is 10.0. The number of aliphatic hydroxyl groups is 2. The van der Waals surface area contributed by atoms with Crippen LogP contribution < -0.4 is 18.9 Å². The van der Waals surface area contributed by atoms with E-state index in [1.165, 1.54) is 6.20 Å². The largest absolute Gasteiger partial charge is 0.486 e. The first-order chi connectivity index (χ1) is 23.8. The summed E-state index contributed by atoms with van der Waals surface area (Å²) in [4.78, 5) is 28.5. The predicted molar refractivity (Wildman–Crippen MR) is 184 cm³/mol. The smallest absolute Gasteiger partial charge is 0.337 e. The van der Waals surface area contributed by atoms with Crippen molar-refractivity contribution in [1.82, 2.24) is 9.97 Å². The van der Waals surface area contributed by atoms with Crippen LogP contribution in [-0.2, 0) is 0 Å². The molecular formula is C36H28Cl2N2O9. The summed E-state index contributed by atoms with van der Waals surface area (Å²) >= 11 is 12.8. The van der Waals surface area contributed by atoms with Crippen molar-refractivity contribution >= 4 is 57.3 Å². The number of hydrogen-bond donors (Lipinski definition) is 5. The normalized spacial score (nSPS) is 16.2. The summed E-state index contributed by atoms with van der Waals surface area (Å²) in [6, 6.07) is 18.0. The van der Waals surface area contributed by atoms with Crippen LogP contribution in [0.4, 0.5) is 0 Å². The Morgan fingerprint density at radius 1 is 0.735 bits per heavy atom. The van der Waals surface area contributed by atoms with Crippen LogP contribution in [0.3, 0.4) is 0 Å². The minimum atomic E-state index is -1.00. The molecule has 0 unspecified atom stereocenters. The zero-order chi connectivity index (χ0) is 34.2. The van der Waals surface area contributed by atoms with Crippen LogP contribution in [0.5, 0.6) is 23.0 Å². The summed E-state index contributed by atoms with van der Waals surface area (Å²) in [5.41, 5.74) is 5.42. The number of H-pyrrole nitrogens is 2. The highest BCUT2D eigenvalue weighted by Crippen LogP contribution is 2.41. The van der Waals surface area contributed by atoms with Crippen molar-refractivity contribution in [2.24, 2.45) is 0 Å². The fourth-order valence-electron chi connectivity index (χ4n) is 5.77. The number of aldehydes is 1. The van der Waals surface area contributed by atoms with Gasteiger partial charge in [0.05, 0.1) is 28.8 Å². The number of aromatic nitrogens is 2. The maximum absolute atomic E-state index is 11.3. The summed E-state index contributed by atoms with van der Waals surface area (Å²) in [5, 5.41) is 30.1. The monoisotopic (exact) mass is 702 g/mol. The van der Waals surface area contributed by atoms with Gasteiger partial charge in [0.15, 0.2) is 41.5 Å². The minimum absolute atomic E-state index is 0.0916. The fourth-order valence-corrected chi connectivity index (χ4v) is 6.31. The van der Waals surface area contributed by atoms with Crippen molar-refractivity contribution in [3.05, 3.63) is 94.2 Å². The maximum atomic E-state index is 11.3. The van der Waals surface area contributed by atoms with Gasteiger partial charge in [-0.05, 0) is 59.7 Å². The summed E-state index contributed by atoms with van der Waals surface area (Å²) in [5.74, 6) is 1.32. The SMILES string of the molecule is O=C(O)c1c[nH]c2cc(Cl)c(-c3ccc4c(c3)OC[C@@H](CO)O4)cc12.O=Cc1c[nH]c2cc(Cl)c(-c3ccc4c(c3)OC[C@@H](CO)O4)cc12. The van der Waals surface area contributed by atoms with Gasteiger partial charge in [0.25, 0.3) is 0 Å². The molecule has 0 saturated heterocycles. The third-order valence-corrected chi connectivity index (χ3v) is 8.91. The van der Waals surface area contributed by atoms with Crippen molar-refractivity contribution < 1.29 is 43.9 Å². The van der Waals surface area contributed by atoms with E-state index in [9.17, 15) is 14.7 Å². The van der Waals surface area contributed by atoms with Gasteiger partial charge in [-0.2, -0.15) is 0 Å². The number of carbonyl (C=O) groups excluding carboxylic acids is 1. The van der Waals surface area contributed by atoms with Gasteiger partial charge in [0, 0.05) is 50.9 Å². The van der Waals surface area contributed by atoms with Crippen molar-refractivity contribution in [2.45, 2.75) is 12.2 Å². The average molecular weight is 704 g/mol. The number of aromatic carboxylic acids is 1. The second-order valence-electron chi connectivity index (χ2n) is 11.4. The molecule has 0 bridgehead atoms. The first-order valence-electron chi connectivity index (χ1n) is 15.2. The number of carbonyl (C=O) groups is 2. The molecule has 2 aromatic heterocycles. The van der Waals surface area contributed by atoms with Crippen LogP contribution in [0.25, 0.3) is 44.1 Å². The lowest BCUT2D eigenvalue weighted by Gasteiger charge is -2.25. The van der Waals surface area contributed by atoms with E-state index >= 15 is 0 Å². The number of aromatic amines is 2. The van der Waals surface area contributed by atoms with Crippen LogP contribution in [0, 0.1) is 0 Å². The highest BCUT2D eigenvalue weighted by atomic mass is 35.5. The molecule has 2 aliphatic rings. The molecule has 0 amide bonds. The number of benzene rings is 4. The Balaban J connectivity index is 0.000000154. The molecule has 6 aromatic rings. The average Bonchev–Trinajstić information content (AvgIpc) is 3.73. The van der Waals surface area contributed by atoms with E-state index in [-0.39, 0.29) is 37.6 Å². The quantitative estimate of drug-likeness (QED) is 0.118. The Morgan fingerprint density at radius 2 is 1.24 bits per heavy atom. The molecule has 250 valence electrons. The van der Waals surface area contributed by atoms with E-state index in [1.54, 1.807) is 42.6 Å². The number of halogens is 2. The molecule has 11 nitrogen and oxygen atoms in total. The Morgan fingerprint density at radius 3 is 1.76 bits per heavy atom. The topological polar surface area (TPSA) is 163 Å². The van der Waals surface area contributed by atoms with Crippen LogP contribution in [0.1, 0.15) is 20.7 Å². The highest BCUT2D eigenvalue weighted by Gasteiger charge is 2.23. The molecule has 2 aliphatic heterocycles. The minimum Gasteiger partial charge on any atom is -0.486 e. The first-order valence-corrected chi connectivity index (χ1v) is 15.9. The van der Waals surface area contributed by atoms with Gasteiger partial charge < -0.3 is 44.2 Å². The Labute approximate surface area is 288 Å². The first kappa shape index (κ1) is 32.4.